The summed E-state index contributed by atoms with van der Waals surface area (Å²) in [6, 6.07) is 8.11. The summed E-state index contributed by atoms with van der Waals surface area (Å²) >= 11 is 0. The molecule has 0 radical (unpaired) electrons. The number of hydrogen-bond acceptors (Lipinski definition) is 4. The monoisotopic (exact) mass is 284 g/mol. The lowest BCUT2D eigenvalue weighted by Crippen LogP contribution is -2.33. The molecule has 106 valence electrons. The molecule has 1 N–H and O–H groups in total. The molecule has 2 amide bonds. The number of H-pyrrole nitrogens is 1. The summed E-state index contributed by atoms with van der Waals surface area (Å²) in [4.78, 5) is 44.0. The number of fused-ring (bicyclic) bond motifs is 1. The zero-order valence-electron chi connectivity index (χ0n) is 11.5. The summed E-state index contributed by atoms with van der Waals surface area (Å²) in [5, 5.41) is 0.503. The van der Waals surface area contributed by atoms with E-state index in [2.05, 4.69) is 4.98 Å². The van der Waals surface area contributed by atoms with Crippen LogP contribution in [0.2, 0.25) is 0 Å². The molecule has 3 rings (SSSR count). The van der Waals surface area contributed by atoms with Crippen molar-refractivity contribution in [3.05, 3.63) is 58.4 Å². The van der Waals surface area contributed by atoms with Crippen LogP contribution in [-0.2, 0) is 4.84 Å². The van der Waals surface area contributed by atoms with Gasteiger partial charge in [-0.1, -0.05) is 17.2 Å². The Hall–Kier alpha value is -2.89. The Bertz CT molecular complexity index is 741. The number of amides is 2. The molecule has 2 aromatic rings. The van der Waals surface area contributed by atoms with Crippen LogP contribution in [0.1, 0.15) is 42.5 Å². The molecule has 1 aromatic carbocycles. The van der Waals surface area contributed by atoms with E-state index in [1.807, 2.05) is 0 Å². The highest BCUT2D eigenvalue weighted by Crippen LogP contribution is 2.23. The zero-order chi connectivity index (χ0) is 15.1. The normalized spacial score (nSPS) is 13.5. The van der Waals surface area contributed by atoms with Gasteiger partial charge in [0.2, 0.25) is 0 Å². The number of rotatable bonds is 2. The molecule has 1 aliphatic heterocycles. The molecule has 6 nitrogen and oxygen atoms in total. The number of carbonyl (C=O) groups excluding carboxylic acids is 3. The van der Waals surface area contributed by atoms with Crippen LogP contribution >= 0.6 is 0 Å². The van der Waals surface area contributed by atoms with Gasteiger partial charge in [-0.15, -0.1) is 0 Å². The van der Waals surface area contributed by atoms with E-state index in [9.17, 15) is 14.4 Å². The lowest BCUT2D eigenvalue weighted by molar-refractivity contribution is -0.0588. The van der Waals surface area contributed by atoms with Gasteiger partial charge in [-0.25, -0.2) is 4.79 Å². The summed E-state index contributed by atoms with van der Waals surface area (Å²) in [5.41, 5.74) is 2.17. The van der Waals surface area contributed by atoms with Gasteiger partial charge in [0.1, 0.15) is 5.69 Å². The molecule has 6 heteroatoms. The molecule has 0 atom stereocenters. The number of nitrogens with zero attached hydrogens (tertiary/aromatic N) is 1. The first-order chi connectivity index (χ1) is 9.99. The van der Waals surface area contributed by atoms with Crippen LogP contribution in [0.5, 0.6) is 0 Å². The predicted molar refractivity (Wildman–Crippen MR) is 72.6 cm³/mol. The highest BCUT2D eigenvalue weighted by molar-refractivity contribution is 6.21. The number of hydroxylamine groups is 2. The maximum atomic E-state index is 12.1. The van der Waals surface area contributed by atoms with Crippen molar-refractivity contribution in [1.82, 2.24) is 10.0 Å². The molecule has 1 aliphatic rings. The average molecular weight is 284 g/mol. The maximum absolute atomic E-state index is 12.1. The molecule has 0 fully saturated rings. The van der Waals surface area contributed by atoms with Crippen molar-refractivity contribution in [1.29, 1.82) is 0 Å². The van der Waals surface area contributed by atoms with E-state index in [1.165, 1.54) is 12.1 Å². The molecule has 0 unspecified atom stereocenters. The standard InChI is InChI=1S/C15H12N2O4/c1-8-7-9(2)16-12(8)15(20)21-17-13(18)10-5-3-4-6-11(10)14(17)19/h3-7,16H,1-2H3. The summed E-state index contributed by atoms with van der Waals surface area (Å²) in [6.45, 7) is 3.54. The van der Waals surface area contributed by atoms with Crippen molar-refractivity contribution >= 4 is 17.8 Å². The highest BCUT2D eigenvalue weighted by atomic mass is 16.7. The van der Waals surface area contributed by atoms with Crippen LogP contribution in [0.3, 0.4) is 0 Å². The van der Waals surface area contributed by atoms with Crippen molar-refractivity contribution in [2.24, 2.45) is 0 Å². The van der Waals surface area contributed by atoms with E-state index in [1.54, 1.807) is 32.0 Å². The van der Waals surface area contributed by atoms with E-state index in [-0.39, 0.29) is 16.8 Å². The third kappa shape index (κ3) is 2.01. The molecule has 0 bridgehead atoms. The van der Waals surface area contributed by atoms with Gasteiger partial charge in [-0.05, 0) is 37.6 Å². The second-order valence-corrected chi connectivity index (χ2v) is 4.84. The number of aryl methyl sites for hydroxylation is 2. The first kappa shape index (κ1) is 13.1. The van der Waals surface area contributed by atoms with Gasteiger partial charge >= 0.3 is 5.97 Å². The van der Waals surface area contributed by atoms with Gasteiger partial charge in [-0.3, -0.25) is 9.59 Å². The van der Waals surface area contributed by atoms with E-state index in [0.717, 1.165) is 5.69 Å². The second-order valence-electron chi connectivity index (χ2n) is 4.84. The number of hydrogen-bond donors (Lipinski definition) is 1. The highest BCUT2D eigenvalue weighted by Gasteiger charge is 2.39. The van der Waals surface area contributed by atoms with Crippen LogP contribution in [0.15, 0.2) is 30.3 Å². The summed E-state index contributed by atoms with van der Waals surface area (Å²) < 4.78 is 0. The van der Waals surface area contributed by atoms with Gasteiger partial charge in [0.05, 0.1) is 11.1 Å². The molecule has 0 spiro atoms. The Labute approximate surface area is 120 Å². The van der Waals surface area contributed by atoms with E-state index < -0.39 is 17.8 Å². The topological polar surface area (TPSA) is 79.5 Å². The summed E-state index contributed by atoms with van der Waals surface area (Å²) in [6.07, 6.45) is 0. The maximum Gasteiger partial charge on any atom is 0.380 e. The van der Waals surface area contributed by atoms with Crippen molar-refractivity contribution in [2.75, 3.05) is 0 Å². The Morgan fingerprint density at radius 1 is 1.10 bits per heavy atom. The fraction of sp³-hybridized carbons (Fsp3) is 0.133. The quantitative estimate of drug-likeness (QED) is 0.855. The molecule has 0 saturated carbocycles. The Kier molecular flexibility index (Phi) is 2.86. The van der Waals surface area contributed by atoms with Gasteiger partial charge < -0.3 is 9.82 Å². The molecule has 1 aromatic heterocycles. The number of carbonyl (C=O) groups is 3. The first-order valence-electron chi connectivity index (χ1n) is 6.35. The Balaban J connectivity index is 1.87. The van der Waals surface area contributed by atoms with E-state index in [0.29, 0.717) is 10.6 Å². The van der Waals surface area contributed by atoms with E-state index in [4.69, 9.17) is 4.84 Å². The summed E-state index contributed by atoms with van der Waals surface area (Å²) in [7, 11) is 0. The number of nitrogens with one attached hydrogen (secondary N) is 1. The minimum absolute atomic E-state index is 0.226. The van der Waals surface area contributed by atoms with Crippen molar-refractivity contribution in [3.8, 4) is 0 Å². The predicted octanol–water partition coefficient (Wildman–Crippen LogP) is 2.00. The van der Waals surface area contributed by atoms with Gasteiger partial charge in [-0.2, -0.15) is 0 Å². The average Bonchev–Trinajstić information content (AvgIpc) is 2.92. The van der Waals surface area contributed by atoms with Crippen molar-refractivity contribution < 1.29 is 19.2 Å². The van der Waals surface area contributed by atoms with Crippen LogP contribution in [0.4, 0.5) is 0 Å². The largest absolute Gasteiger partial charge is 0.380 e. The molecular formula is C15H12N2O4. The number of aromatic amines is 1. The first-order valence-corrected chi connectivity index (χ1v) is 6.35. The van der Waals surface area contributed by atoms with Crippen LogP contribution < -0.4 is 0 Å². The minimum Gasteiger partial charge on any atom is -0.353 e. The Morgan fingerprint density at radius 2 is 1.67 bits per heavy atom. The fourth-order valence-corrected chi connectivity index (χ4v) is 2.32. The van der Waals surface area contributed by atoms with Crippen LogP contribution in [-0.4, -0.2) is 27.8 Å². The zero-order valence-corrected chi connectivity index (χ0v) is 11.5. The van der Waals surface area contributed by atoms with Crippen molar-refractivity contribution in [2.45, 2.75) is 13.8 Å². The van der Waals surface area contributed by atoms with Gasteiger partial charge in [0, 0.05) is 5.69 Å². The smallest absolute Gasteiger partial charge is 0.353 e. The lowest BCUT2D eigenvalue weighted by atomic mass is 10.1. The van der Waals surface area contributed by atoms with Gasteiger partial charge in [0.15, 0.2) is 0 Å². The van der Waals surface area contributed by atoms with Crippen LogP contribution in [0.25, 0.3) is 0 Å². The molecule has 21 heavy (non-hydrogen) atoms. The number of aromatic nitrogens is 1. The molecule has 0 aliphatic carbocycles. The second kappa shape index (κ2) is 4.59. The SMILES string of the molecule is Cc1cc(C)c(C(=O)ON2C(=O)c3ccccc3C2=O)[nH]1. The molecule has 2 heterocycles. The Morgan fingerprint density at radius 3 is 2.14 bits per heavy atom. The minimum atomic E-state index is -0.768. The number of benzene rings is 1. The van der Waals surface area contributed by atoms with E-state index >= 15 is 0 Å². The molecule has 0 saturated heterocycles. The van der Waals surface area contributed by atoms with Gasteiger partial charge in [0.25, 0.3) is 11.8 Å². The summed E-state index contributed by atoms with van der Waals surface area (Å²) in [5.74, 6) is -2.04. The lowest BCUT2D eigenvalue weighted by Gasteiger charge is -2.12. The van der Waals surface area contributed by atoms with Crippen LogP contribution in [0, 0.1) is 13.8 Å². The third-order valence-electron chi connectivity index (χ3n) is 3.28. The fourth-order valence-electron chi connectivity index (χ4n) is 2.32. The molecular weight excluding hydrogens is 272 g/mol. The third-order valence-corrected chi connectivity index (χ3v) is 3.28. The van der Waals surface area contributed by atoms with Crippen molar-refractivity contribution in [3.63, 3.8) is 0 Å². The number of imide groups is 1.